The van der Waals surface area contributed by atoms with Gasteiger partial charge in [0.25, 0.3) is 11.8 Å². The van der Waals surface area contributed by atoms with E-state index in [0.717, 1.165) is 17.5 Å². The highest BCUT2D eigenvalue weighted by atomic mass is 16.2. The van der Waals surface area contributed by atoms with Crippen LogP contribution in [0.2, 0.25) is 0 Å². The lowest BCUT2D eigenvalue weighted by molar-refractivity contribution is -0.119. The first kappa shape index (κ1) is 18.2. The predicted octanol–water partition coefficient (Wildman–Crippen LogP) is 1.96. The highest BCUT2D eigenvalue weighted by Crippen LogP contribution is 2.06. The molecule has 0 saturated carbocycles. The summed E-state index contributed by atoms with van der Waals surface area (Å²) in [7, 11) is 0. The minimum atomic E-state index is -0.412. The molecule has 6 heteroatoms. The van der Waals surface area contributed by atoms with E-state index in [1.54, 1.807) is 36.4 Å². The van der Waals surface area contributed by atoms with Gasteiger partial charge in [-0.1, -0.05) is 31.2 Å². The van der Waals surface area contributed by atoms with Crippen LogP contribution in [0.1, 0.15) is 45.7 Å². The molecule has 0 aromatic heterocycles. The number of carbonyl (C=O) groups excluding carboxylic acids is 3. The fourth-order valence-electron chi connectivity index (χ4n) is 2.15. The number of carbonyl (C=O) groups is 3. The van der Waals surface area contributed by atoms with Crippen LogP contribution in [0.4, 0.5) is 0 Å². The van der Waals surface area contributed by atoms with E-state index in [1.165, 1.54) is 6.92 Å². The normalized spacial score (nSPS) is 10.0. The second-order valence-electron chi connectivity index (χ2n) is 5.57. The molecule has 6 nitrogen and oxygen atoms in total. The van der Waals surface area contributed by atoms with E-state index in [9.17, 15) is 14.4 Å². The molecular formula is C19H21N3O3. The second-order valence-corrected chi connectivity index (χ2v) is 5.57. The van der Waals surface area contributed by atoms with Gasteiger partial charge in [-0.25, -0.2) is 0 Å². The van der Waals surface area contributed by atoms with Crippen molar-refractivity contribution in [2.45, 2.75) is 26.8 Å². The summed E-state index contributed by atoms with van der Waals surface area (Å²) in [5, 5.41) is 2.68. The monoisotopic (exact) mass is 339 g/mol. The largest absolute Gasteiger partial charge is 0.352 e. The fraction of sp³-hybridized carbons (Fsp3) is 0.211. The molecule has 3 N–H and O–H groups in total. The van der Waals surface area contributed by atoms with Crippen LogP contribution < -0.4 is 16.2 Å². The lowest BCUT2D eigenvalue weighted by Gasteiger charge is -2.09. The topological polar surface area (TPSA) is 87.3 Å². The van der Waals surface area contributed by atoms with E-state index in [-0.39, 0.29) is 11.8 Å². The maximum atomic E-state index is 12.1. The van der Waals surface area contributed by atoms with Crippen LogP contribution in [0.3, 0.4) is 0 Å². The van der Waals surface area contributed by atoms with Crippen molar-refractivity contribution in [1.29, 1.82) is 0 Å². The summed E-state index contributed by atoms with van der Waals surface area (Å²) in [5.41, 5.74) is 7.69. The average molecular weight is 339 g/mol. The Balaban J connectivity index is 1.88. The van der Waals surface area contributed by atoms with E-state index in [0.29, 0.717) is 17.7 Å². The average Bonchev–Trinajstić information content (AvgIpc) is 2.64. The Morgan fingerprint density at radius 1 is 0.760 bits per heavy atom. The maximum Gasteiger partial charge on any atom is 0.269 e. The zero-order valence-electron chi connectivity index (χ0n) is 14.3. The van der Waals surface area contributed by atoms with Gasteiger partial charge in [0, 0.05) is 24.6 Å². The molecule has 2 aromatic rings. The molecule has 0 aliphatic carbocycles. The molecule has 0 atom stereocenters. The van der Waals surface area contributed by atoms with Gasteiger partial charge in [0.05, 0.1) is 0 Å². The van der Waals surface area contributed by atoms with E-state index in [4.69, 9.17) is 0 Å². The predicted molar refractivity (Wildman–Crippen MR) is 94.7 cm³/mol. The van der Waals surface area contributed by atoms with Crippen molar-refractivity contribution in [3.8, 4) is 0 Å². The smallest absolute Gasteiger partial charge is 0.269 e. The third kappa shape index (κ3) is 5.46. The first-order chi connectivity index (χ1) is 12.0. The Morgan fingerprint density at radius 3 is 1.60 bits per heavy atom. The van der Waals surface area contributed by atoms with Crippen LogP contribution in [0.25, 0.3) is 0 Å². The molecule has 0 aliphatic rings. The van der Waals surface area contributed by atoms with E-state index >= 15 is 0 Å². The summed E-state index contributed by atoms with van der Waals surface area (Å²) in [6, 6.07) is 14.0. The number of aryl methyl sites for hydroxylation is 1. The number of hydrogen-bond donors (Lipinski definition) is 3. The van der Waals surface area contributed by atoms with Crippen molar-refractivity contribution in [2.24, 2.45) is 0 Å². The number of rotatable bonds is 5. The van der Waals surface area contributed by atoms with Gasteiger partial charge >= 0.3 is 0 Å². The molecule has 0 radical (unpaired) electrons. The summed E-state index contributed by atoms with van der Waals surface area (Å²) in [4.78, 5) is 35.0. The van der Waals surface area contributed by atoms with Crippen molar-refractivity contribution < 1.29 is 14.4 Å². The Morgan fingerprint density at radius 2 is 1.20 bits per heavy atom. The van der Waals surface area contributed by atoms with Gasteiger partial charge in [-0.3, -0.25) is 25.2 Å². The molecule has 3 amide bonds. The molecular weight excluding hydrogens is 318 g/mol. The van der Waals surface area contributed by atoms with Crippen LogP contribution in [0.5, 0.6) is 0 Å². The Kier molecular flexibility index (Phi) is 6.28. The van der Waals surface area contributed by atoms with Crippen molar-refractivity contribution in [2.75, 3.05) is 0 Å². The lowest BCUT2D eigenvalue weighted by Crippen LogP contribution is -2.41. The highest BCUT2D eigenvalue weighted by Gasteiger charge is 2.09. The molecule has 0 spiro atoms. The molecule has 2 aromatic carbocycles. The summed E-state index contributed by atoms with van der Waals surface area (Å²) in [6.07, 6.45) is 0.899. The maximum absolute atomic E-state index is 12.1. The molecule has 0 aliphatic heterocycles. The molecule has 0 fully saturated rings. The van der Waals surface area contributed by atoms with Gasteiger partial charge in [0.1, 0.15) is 0 Å². The molecule has 0 saturated heterocycles. The number of benzene rings is 2. The third-order valence-corrected chi connectivity index (χ3v) is 3.67. The zero-order chi connectivity index (χ0) is 18.2. The van der Waals surface area contributed by atoms with Crippen molar-refractivity contribution in [3.63, 3.8) is 0 Å². The van der Waals surface area contributed by atoms with Crippen LogP contribution in [-0.2, 0) is 17.8 Å². The standard InChI is InChI=1S/C19H21N3O3/c1-3-14-4-8-16(9-5-14)18(24)21-22-19(25)17-10-6-15(7-11-17)12-20-13(2)23/h4-11H,3,12H2,1-2H3,(H,20,23)(H,21,24)(H,22,25). The van der Waals surface area contributed by atoms with Crippen molar-refractivity contribution in [3.05, 3.63) is 70.8 Å². The minimum absolute atomic E-state index is 0.114. The summed E-state index contributed by atoms with van der Waals surface area (Å²) >= 11 is 0. The summed E-state index contributed by atoms with van der Waals surface area (Å²) < 4.78 is 0. The third-order valence-electron chi connectivity index (χ3n) is 3.67. The molecule has 25 heavy (non-hydrogen) atoms. The summed E-state index contributed by atoms with van der Waals surface area (Å²) in [6.45, 7) is 3.89. The van der Waals surface area contributed by atoms with Crippen LogP contribution in [-0.4, -0.2) is 17.7 Å². The molecule has 130 valence electrons. The van der Waals surface area contributed by atoms with E-state index in [2.05, 4.69) is 16.2 Å². The minimum Gasteiger partial charge on any atom is -0.352 e. The van der Waals surface area contributed by atoms with Gasteiger partial charge in [-0.2, -0.15) is 0 Å². The van der Waals surface area contributed by atoms with Gasteiger partial charge in [0.2, 0.25) is 5.91 Å². The number of hydrazine groups is 1. The first-order valence-corrected chi connectivity index (χ1v) is 8.02. The van der Waals surface area contributed by atoms with Crippen LogP contribution in [0, 0.1) is 0 Å². The van der Waals surface area contributed by atoms with E-state index < -0.39 is 5.91 Å². The van der Waals surface area contributed by atoms with Crippen molar-refractivity contribution in [1.82, 2.24) is 16.2 Å². The fourth-order valence-corrected chi connectivity index (χ4v) is 2.15. The van der Waals surface area contributed by atoms with Gasteiger partial charge in [-0.05, 0) is 41.8 Å². The Bertz CT molecular complexity index is 752. The SMILES string of the molecule is CCc1ccc(C(=O)NNC(=O)c2ccc(CNC(C)=O)cc2)cc1. The molecule has 2 rings (SSSR count). The molecule has 0 unspecified atom stereocenters. The Labute approximate surface area is 146 Å². The van der Waals surface area contributed by atoms with Gasteiger partial charge < -0.3 is 5.32 Å². The van der Waals surface area contributed by atoms with Crippen molar-refractivity contribution >= 4 is 17.7 Å². The van der Waals surface area contributed by atoms with Crippen LogP contribution in [0.15, 0.2) is 48.5 Å². The number of hydrogen-bond acceptors (Lipinski definition) is 3. The van der Waals surface area contributed by atoms with Gasteiger partial charge in [0.15, 0.2) is 0 Å². The zero-order valence-corrected chi connectivity index (χ0v) is 14.3. The second kappa shape index (κ2) is 8.63. The Hall–Kier alpha value is -3.15. The van der Waals surface area contributed by atoms with Crippen LogP contribution >= 0.6 is 0 Å². The van der Waals surface area contributed by atoms with Gasteiger partial charge in [-0.15, -0.1) is 0 Å². The van der Waals surface area contributed by atoms with E-state index in [1.807, 2.05) is 19.1 Å². The first-order valence-electron chi connectivity index (χ1n) is 8.02. The number of nitrogens with one attached hydrogen (secondary N) is 3. The number of amides is 3. The summed E-state index contributed by atoms with van der Waals surface area (Å²) in [5.74, 6) is -0.903. The lowest BCUT2D eigenvalue weighted by atomic mass is 10.1. The molecule has 0 bridgehead atoms. The quantitative estimate of drug-likeness (QED) is 0.728. The highest BCUT2D eigenvalue weighted by molar-refractivity contribution is 5.99. The molecule has 0 heterocycles.